The Hall–Kier alpha value is -3.66. The van der Waals surface area contributed by atoms with Crippen molar-refractivity contribution in [2.24, 2.45) is 0 Å². The number of methoxy groups -OCH3 is 1. The van der Waals surface area contributed by atoms with Crippen LogP contribution in [0, 0.1) is 6.92 Å². The maximum absolute atomic E-state index is 13.3. The fourth-order valence-electron chi connectivity index (χ4n) is 4.13. The number of hydrogen-bond acceptors (Lipinski definition) is 4. The third-order valence-corrected chi connectivity index (χ3v) is 11.1. The lowest BCUT2D eigenvalue weighted by Gasteiger charge is -2.28. The van der Waals surface area contributed by atoms with Crippen molar-refractivity contribution >= 4 is 47.7 Å². The molecule has 0 bridgehead atoms. The second-order valence-electron chi connectivity index (χ2n) is 8.19. The third-order valence-electron chi connectivity index (χ3n) is 5.91. The van der Waals surface area contributed by atoms with E-state index in [0.717, 1.165) is 21.5 Å². The summed E-state index contributed by atoms with van der Waals surface area (Å²) in [7, 11) is -1.39. The molecule has 6 heteroatoms. The van der Waals surface area contributed by atoms with Crippen molar-refractivity contribution in [1.82, 2.24) is 5.32 Å². The van der Waals surface area contributed by atoms with Crippen LogP contribution in [0.15, 0.2) is 126 Å². The molecule has 0 fully saturated rings. The Bertz CT molecular complexity index is 1280. The molecule has 0 atom stereocenters. The molecule has 0 spiro atoms. The highest BCUT2D eigenvalue weighted by molar-refractivity contribution is 8.11. The third kappa shape index (κ3) is 4.99. The number of aryl methyl sites for hydroxylation is 1. The van der Waals surface area contributed by atoms with E-state index in [0.29, 0.717) is 10.2 Å². The molecule has 0 radical (unpaired) electrons. The monoisotopic (exact) mass is 512 g/mol. The molecule has 0 unspecified atom stereocenters. The molecule has 4 aromatic carbocycles. The molecular formula is C30H27NO3PS+. The number of hydrogen-bond donors (Lipinski definition) is 2. The van der Waals surface area contributed by atoms with Gasteiger partial charge in [0.25, 0.3) is 5.91 Å². The summed E-state index contributed by atoms with van der Waals surface area (Å²) in [4.78, 5) is 26.4. The van der Waals surface area contributed by atoms with Crippen molar-refractivity contribution in [3.63, 3.8) is 0 Å². The summed E-state index contributed by atoms with van der Waals surface area (Å²) in [5, 5.41) is 5.83. The van der Waals surface area contributed by atoms with Gasteiger partial charge in [-0.25, -0.2) is 4.79 Å². The first-order valence-electron chi connectivity index (χ1n) is 11.4. The Kier molecular flexibility index (Phi) is 8.04. The van der Waals surface area contributed by atoms with Crippen LogP contribution in [0.3, 0.4) is 0 Å². The van der Waals surface area contributed by atoms with Gasteiger partial charge in [0.05, 0.1) is 7.11 Å². The van der Waals surface area contributed by atoms with Crippen LogP contribution in [0.2, 0.25) is 0 Å². The highest BCUT2D eigenvalue weighted by Crippen LogP contribution is 2.64. The van der Waals surface area contributed by atoms with E-state index in [9.17, 15) is 9.59 Å². The van der Waals surface area contributed by atoms with Gasteiger partial charge in [0.15, 0.2) is 17.6 Å². The van der Waals surface area contributed by atoms with E-state index >= 15 is 0 Å². The quantitative estimate of drug-likeness (QED) is 0.159. The summed E-state index contributed by atoms with van der Waals surface area (Å²) in [5.41, 5.74) is 1.50. The van der Waals surface area contributed by atoms with Gasteiger partial charge in [0, 0.05) is 5.56 Å². The SMILES string of the molecule is COC(=O)/C(NC(=O)c1ccc(C)cc1)=C(\S)[P+](c1ccccc1)(c1ccccc1)c1ccccc1. The molecule has 0 heterocycles. The minimum Gasteiger partial charge on any atom is -0.464 e. The predicted molar refractivity (Wildman–Crippen MR) is 152 cm³/mol. The number of carbonyl (C=O) groups is 2. The number of carbonyl (C=O) groups excluding carboxylic acids is 2. The average molecular weight is 513 g/mol. The number of nitrogens with one attached hydrogen (secondary N) is 1. The van der Waals surface area contributed by atoms with E-state index < -0.39 is 19.1 Å². The number of amides is 1. The Morgan fingerprint density at radius 3 is 1.50 bits per heavy atom. The zero-order valence-corrected chi connectivity index (χ0v) is 21.9. The number of rotatable bonds is 7. The van der Waals surface area contributed by atoms with Gasteiger partial charge in [-0.15, -0.1) is 12.6 Å². The maximum Gasteiger partial charge on any atom is 0.359 e. The van der Waals surface area contributed by atoms with E-state index in [1.165, 1.54) is 7.11 Å². The van der Waals surface area contributed by atoms with Crippen molar-refractivity contribution in [1.29, 1.82) is 0 Å². The molecule has 180 valence electrons. The Morgan fingerprint density at radius 1 is 0.694 bits per heavy atom. The first-order chi connectivity index (χ1) is 17.5. The number of esters is 1. The van der Waals surface area contributed by atoms with Crippen molar-refractivity contribution in [3.05, 3.63) is 137 Å². The zero-order valence-electron chi connectivity index (χ0n) is 20.1. The summed E-state index contributed by atoms with van der Waals surface area (Å²) in [6.07, 6.45) is 0. The molecule has 0 aliphatic heterocycles. The lowest BCUT2D eigenvalue weighted by molar-refractivity contribution is -0.136. The van der Waals surface area contributed by atoms with Gasteiger partial charge in [-0.2, -0.15) is 0 Å². The van der Waals surface area contributed by atoms with Crippen molar-refractivity contribution in [2.75, 3.05) is 7.11 Å². The fraction of sp³-hybridized carbons (Fsp3) is 0.0667. The second-order valence-corrected chi connectivity index (χ2v) is 12.3. The molecule has 1 N–H and O–H groups in total. The number of benzene rings is 4. The van der Waals surface area contributed by atoms with Crippen molar-refractivity contribution < 1.29 is 14.3 Å². The summed E-state index contributed by atoms with van der Waals surface area (Å²) < 4.78 is 5.61. The minimum absolute atomic E-state index is 0.0244. The topological polar surface area (TPSA) is 55.4 Å². The first-order valence-corrected chi connectivity index (χ1v) is 13.7. The van der Waals surface area contributed by atoms with Crippen LogP contribution in [0.5, 0.6) is 0 Å². The molecule has 1 amide bonds. The largest absolute Gasteiger partial charge is 0.464 e. The van der Waals surface area contributed by atoms with Crippen LogP contribution < -0.4 is 21.2 Å². The zero-order chi connectivity index (χ0) is 25.5. The van der Waals surface area contributed by atoms with Crippen LogP contribution in [-0.4, -0.2) is 19.0 Å². The van der Waals surface area contributed by atoms with Gasteiger partial charge >= 0.3 is 5.97 Å². The Labute approximate surface area is 217 Å². The predicted octanol–water partition coefficient (Wildman–Crippen LogP) is 4.99. The van der Waals surface area contributed by atoms with Gasteiger partial charge in [-0.1, -0.05) is 72.3 Å². The summed E-state index contributed by atoms with van der Waals surface area (Å²) in [5.74, 6) is -1.07. The van der Waals surface area contributed by atoms with Crippen molar-refractivity contribution in [2.45, 2.75) is 6.92 Å². The van der Waals surface area contributed by atoms with Crippen LogP contribution in [0.4, 0.5) is 0 Å². The molecule has 0 saturated heterocycles. The second kappa shape index (κ2) is 11.4. The van der Waals surface area contributed by atoms with E-state index in [1.54, 1.807) is 12.1 Å². The fourth-order valence-corrected chi connectivity index (χ4v) is 9.28. The molecule has 0 aliphatic rings. The average Bonchev–Trinajstić information content (AvgIpc) is 2.93. The standard InChI is InChI=1S/C30H26NO3PS/c1-22-18-20-23(21-19-22)28(32)31-27(29(33)34-2)30(36)35(24-12-6-3-7-13-24,25-14-8-4-9-15-25)26-16-10-5-11-17-26/h3-21H,1-2H3,(H-,31,32,33,36)/p+1. The van der Waals surface area contributed by atoms with Crippen LogP contribution in [0.1, 0.15) is 15.9 Å². The smallest absolute Gasteiger partial charge is 0.359 e. The maximum atomic E-state index is 13.3. The molecule has 4 rings (SSSR count). The Morgan fingerprint density at radius 2 is 1.11 bits per heavy atom. The van der Waals surface area contributed by atoms with Gasteiger partial charge in [-0.05, 0) is 55.5 Å². The lowest BCUT2D eigenvalue weighted by atomic mass is 10.1. The molecule has 0 aliphatic carbocycles. The summed E-state index contributed by atoms with van der Waals surface area (Å²) >= 11 is 5.05. The molecule has 4 nitrogen and oxygen atoms in total. The number of thiol groups is 1. The normalized spacial score (nSPS) is 11.9. The van der Waals surface area contributed by atoms with Crippen molar-refractivity contribution in [3.8, 4) is 0 Å². The molecular weight excluding hydrogens is 485 g/mol. The van der Waals surface area contributed by atoms with E-state index in [-0.39, 0.29) is 5.70 Å². The van der Waals surface area contributed by atoms with E-state index in [4.69, 9.17) is 17.4 Å². The Balaban J connectivity index is 2.02. The number of ether oxygens (including phenoxy) is 1. The van der Waals surface area contributed by atoms with Gasteiger partial charge < -0.3 is 10.1 Å². The van der Waals surface area contributed by atoms with Crippen LogP contribution in [-0.2, 0) is 9.53 Å². The molecule has 36 heavy (non-hydrogen) atoms. The van der Waals surface area contributed by atoms with Gasteiger partial charge in [-0.3, -0.25) is 4.79 Å². The van der Waals surface area contributed by atoms with Gasteiger partial charge in [0.2, 0.25) is 0 Å². The summed E-state index contributed by atoms with van der Waals surface area (Å²) in [6.45, 7) is 1.95. The van der Waals surface area contributed by atoms with E-state index in [1.807, 2.05) is 110 Å². The minimum atomic E-state index is -2.69. The highest BCUT2D eigenvalue weighted by atomic mass is 32.1. The van der Waals surface area contributed by atoms with Crippen LogP contribution in [0.25, 0.3) is 0 Å². The molecule has 4 aromatic rings. The highest BCUT2D eigenvalue weighted by Gasteiger charge is 2.51. The van der Waals surface area contributed by atoms with E-state index in [2.05, 4.69) is 5.32 Å². The van der Waals surface area contributed by atoms with Crippen LogP contribution >= 0.6 is 19.9 Å². The lowest BCUT2D eigenvalue weighted by Crippen LogP contribution is -2.36. The summed E-state index contributed by atoms with van der Waals surface area (Å²) in [6, 6.07) is 37.1. The molecule has 0 saturated carbocycles. The van der Waals surface area contributed by atoms with Gasteiger partial charge in [0.1, 0.15) is 15.9 Å². The first kappa shape index (κ1) is 25.4. The molecule has 0 aromatic heterocycles.